The van der Waals surface area contributed by atoms with Gasteiger partial charge in [-0.25, -0.2) is 4.79 Å². The standard InChI is InChI=1S/C16H23ClN2O3/c1-6-21-11(2)14-12(17)7-9-18-13(14)8-10-19-15(20)22-16(3,4)5/h7,9H,2,6,8,10H2,1,3-5H3,(H,19,20). The summed E-state index contributed by atoms with van der Waals surface area (Å²) < 4.78 is 10.6. The van der Waals surface area contributed by atoms with Crippen molar-refractivity contribution in [3.8, 4) is 0 Å². The number of pyridine rings is 1. The maximum atomic E-state index is 11.6. The highest BCUT2D eigenvalue weighted by Gasteiger charge is 2.17. The van der Waals surface area contributed by atoms with Gasteiger partial charge in [-0.2, -0.15) is 0 Å². The van der Waals surface area contributed by atoms with E-state index < -0.39 is 11.7 Å². The van der Waals surface area contributed by atoms with E-state index in [4.69, 9.17) is 21.1 Å². The number of carbonyl (C=O) groups excluding carboxylic acids is 1. The molecule has 0 unspecified atom stereocenters. The first-order chi connectivity index (χ1) is 10.2. The van der Waals surface area contributed by atoms with Crippen molar-refractivity contribution in [2.24, 2.45) is 0 Å². The van der Waals surface area contributed by atoms with Crippen LogP contribution in [0.1, 0.15) is 39.0 Å². The van der Waals surface area contributed by atoms with Crippen LogP contribution in [-0.4, -0.2) is 29.8 Å². The van der Waals surface area contributed by atoms with Gasteiger partial charge >= 0.3 is 6.09 Å². The zero-order valence-electron chi connectivity index (χ0n) is 13.5. The van der Waals surface area contributed by atoms with Crippen LogP contribution in [0.25, 0.3) is 5.76 Å². The van der Waals surface area contributed by atoms with Crippen LogP contribution >= 0.6 is 11.6 Å². The van der Waals surface area contributed by atoms with E-state index in [0.717, 1.165) is 5.69 Å². The van der Waals surface area contributed by atoms with Crippen LogP contribution in [0.2, 0.25) is 5.02 Å². The predicted octanol–water partition coefficient (Wildman–Crippen LogP) is 3.81. The third-order valence-electron chi connectivity index (χ3n) is 2.61. The van der Waals surface area contributed by atoms with Gasteiger partial charge < -0.3 is 14.8 Å². The molecule has 1 aromatic heterocycles. The summed E-state index contributed by atoms with van der Waals surface area (Å²) in [7, 11) is 0. The molecule has 0 spiro atoms. The molecule has 0 bridgehead atoms. The monoisotopic (exact) mass is 326 g/mol. The molecule has 0 aromatic carbocycles. The molecule has 1 aromatic rings. The molecule has 1 amide bonds. The lowest BCUT2D eigenvalue weighted by Crippen LogP contribution is -2.33. The summed E-state index contributed by atoms with van der Waals surface area (Å²) in [6, 6.07) is 1.69. The molecule has 1 N–H and O–H groups in total. The third-order valence-corrected chi connectivity index (χ3v) is 2.92. The van der Waals surface area contributed by atoms with Crippen molar-refractivity contribution in [3.05, 3.63) is 35.1 Å². The van der Waals surface area contributed by atoms with Gasteiger partial charge in [-0.1, -0.05) is 18.2 Å². The first-order valence-electron chi connectivity index (χ1n) is 7.17. The molecule has 1 rings (SSSR count). The Kier molecular flexibility index (Phi) is 6.68. The summed E-state index contributed by atoms with van der Waals surface area (Å²) in [4.78, 5) is 15.9. The van der Waals surface area contributed by atoms with Crippen LogP contribution < -0.4 is 5.32 Å². The van der Waals surface area contributed by atoms with Gasteiger partial charge in [-0.15, -0.1) is 0 Å². The minimum Gasteiger partial charge on any atom is -0.494 e. The van der Waals surface area contributed by atoms with E-state index in [9.17, 15) is 4.79 Å². The minimum atomic E-state index is -0.521. The fourth-order valence-corrected chi connectivity index (χ4v) is 2.08. The highest BCUT2D eigenvalue weighted by molar-refractivity contribution is 6.32. The Morgan fingerprint density at radius 3 is 2.73 bits per heavy atom. The molecular formula is C16H23ClN2O3. The van der Waals surface area contributed by atoms with Gasteiger partial charge in [-0.05, 0) is 33.8 Å². The average Bonchev–Trinajstić information content (AvgIpc) is 2.36. The zero-order chi connectivity index (χ0) is 16.8. The molecule has 0 aliphatic carbocycles. The number of carbonyl (C=O) groups is 1. The van der Waals surface area contributed by atoms with Crippen LogP contribution in [0.15, 0.2) is 18.8 Å². The molecule has 0 saturated heterocycles. The number of nitrogens with one attached hydrogen (secondary N) is 1. The van der Waals surface area contributed by atoms with Crippen molar-refractivity contribution in [1.82, 2.24) is 10.3 Å². The van der Waals surface area contributed by atoms with Crippen molar-refractivity contribution in [2.45, 2.75) is 39.7 Å². The van der Waals surface area contributed by atoms with Crippen molar-refractivity contribution in [2.75, 3.05) is 13.2 Å². The van der Waals surface area contributed by atoms with E-state index in [-0.39, 0.29) is 0 Å². The molecule has 6 heteroatoms. The average molecular weight is 327 g/mol. The van der Waals surface area contributed by atoms with E-state index in [0.29, 0.717) is 35.9 Å². The maximum Gasteiger partial charge on any atom is 0.407 e. The number of hydrogen-bond acceptors (Lipinski definition) is 4. The van der Waals surface area contributed by atoms with E-state index in [2.05, 4.69) is 16.9 Å². The summed E-state index contributed by atoms with van der Waals surface area (Å²) in [5.41, 5.74) is 0.881. The highest BCUT2D eigenvalue weighted by Crippen LogP contribution is 2.26. The fourth-order valence-electron chi connectivity index (χ4n) is 1.81. The van der Waals surface area contributed by atoms with Crippen LogP contribution in [0.3, 0.4) is 0 Å². The summed E-state index contributed by atoms with van der Waals surface area (Å²) in [5.74, 6) is 0.480. The first-order valence-corrected chi connectivity index (χ1v) is 7.54. The topological polar surface area (TPSA) is 60.5 Å². The number of aromatic nitrogens is 1. The Balaban J connectivity index is 2.68. The van der Waals surface area contributed by atoms with Crippen LogP contribution in [0.5, 0.6) is 0 Å². The third kappa shape index (κ3) is 5.93. The lowest BCUT2D eigenvalue weighted by Gasteiger charge is -2.19. The number of alkyl carbamates (subject to hydrolysis) is 1. The molecular weight excluding hydrogens is 304 g/mol. The second-order valence-electron chi connectivity index (χ2n) is 5.65. The molecule has 0 fully saturated rings. The molecule has 0 radical (unpaired) electrons. The highest BCUT2D eigenvalue weighted by atomic mass is 35.5. The number of hydrogen-bond donors (Lipinski definition) is 1. The normalized spacial score (nSPS) is 11.0. The smallest absolute Gasteiger partial charge is 0.407 e. The number of amides is 1. The van der Waals surface area contributed by atoms with Crippen molar-refractivity contribution >= 4 is 23.5 Å². The maximum absolute atomic E-state index is 11.6. The summed E-state index contributed by atoms with van der Waals surface area (Å²) in [6.07, 6.45) is 1.66. The van der Waals surface area contributed by atoms with Crippen molar-refractivity contribution in [1.29, 1.82) is 0 Å². The second-order valence-corrected chi connectivity index (χ2v) is 6.06. The van der Waals surface area contributed by atoms with Gasteiger partial charge in [0.15, 0.2) is 0 Å². The zero-order valence-corrected chi connectivity index (χ0v) is 14.3. The molecule has 0 aliphatic rings. The molecule has 1 heterocycles. The first kappa shape index (κ1) is 18.3. The number of halogens is 1. The van der Waals surface area contributed by atoms with E-state index in [1.54, 1.807) is 12.3 Å². The van der Waals surface area contributed by atoms with Gasteiger partial charge in [0.05, 0.1) is 22.9 Å². The Morgan fingerprint density at radius 2 is 2.14 bits per heavy atom. The molecule has 22 heavy (non-hydrogen) atoms. The number of ether oxygens (including phenoxy) is 2. The largest absolute Gasteiger partial charge is 0.494 e. The number of rotatable bonds is 6. The van der Waals surface area contributed by atoms with Crippen LogP contribution in [-0.2, 0) is 15.9 Å². The molecule has 5 nitrogen and oxygen atoms in total. The van der Waals surface area contributed by atoms with Gasteiger partial charge in [-0.3, -0.25) is 4.98 Å². The summed E-state index contributed by atoms with van der Waals surface area (Å²) in [6.45, 7) is 12.1. The Morgan fingerprint density at radius 1 is 1.45 bits per heavy atom. The van der Waals surface area contributed by atoms with Crippen molar-refractivity contribution < 1.29 is 14.3 Å². The Hall–Kier alpha value is -1.75. The lowest BCUT2D eigenvalue weighted by atomic mass is 10.1. The quantitative estimate of drug-likeness (QED) is 0.807. The SMILES string of the molecule is C=C(OCC)c1c(Cl)ccnc1CCNC(=O)OC(C)(C)C. The Bertz CT molecular complexity index is 539. The summed E-state index contributed by atoms with van der Waals surface area (Å²) >= 11 is 6.20. The van der Waals surface area contributed by atoms with Crippen LogP contribution in [0, 0.1) is 0 Å². The predicted molar refractivity (Wildman–Crippen MR) is 87.8 cm³/mol. The molecule has 0 aliphatic heterocycles. The van der Waals surface area contributed by atoms with Gasteiger partial charge in [0.2, 0.25) is 0 Å². The second kappa shape index (κ2) is 8.03. The van der Waals surface area contributed by atoms with Gasteiger partial charge in [0.25, 0.3) is 0 Å². The minimum absolute atomic E-state index is 0.384. The Labute approximate surface area is 136 Å². The van der Waals surface area contributed by atoms with Gasteiger partial charge in [0, 0.05) is 19.2 Å². The van der Waals surface area contributed by atoms with E-state index in [1.807, 2.05) is 27.7 Å². The molecule has 0 saturated carbocycles. The lowest BCUT2D eigenvalue weighted by molar-refractivity contribution is 0.0528. The van der Waals surface area contributed by atoms with Crippen LogP contribution in [0.4, 0.5) is 4.79 Å². The molecule has 122 valence electrons. The van der Waals surface area contributed by atoms with Crippen molar-refractivity contribution in [3.63, 3.8) is 0 Å². The van der Waals surface area contributed by atoms with E-state index in [1.165, 1.54) is 0 Å². The van der Waals surface area contributed by atoms with E-state index >= 15 is 0 Å². The summed E-state index contributed by atoms with van der Waals surface area (Å²) in [5, 5.41) is 3.22. The fraction of sp³-hybridized carbons (Fsp3) is 0.500. The molecule has 0 atom stereocenters. The van der Waals surface area contributed by atoms with Gasteiger partial charge in [0.1, 0.15) is 11.4 Å². The number of nitrogens with zero attached hydrogens (tertiary/aromatic N) is 1.